The molecule has 346 valence electrons. The first-order valence-electron chi connectivity index (χ1n) is 22.9. The van der Waals surface area contributed by atoms with E-state index in [1.54, 1.807) is 0 Å². The molecule has 6 unspecified atom stereocenters. The Morgan fingerprint density at radius 1 is 0.516 bits per heavy atom. The topological polar surface area (TPSA) is 135 Å². The number of ether oxygens (including phenoxy) is 4. The molecule has 1 fully saturated rings. The summed E-state index contributed by atoms with van der Waals surface area (Å²) in [5, 5.41) is 40.1. The van der Waals surface area contributed by atoms with Gasteiger partial charge in [-0.05, 0) is 96.3 Å². The van der Waals surface area contributed by atoms with Crippen LogP contribution in [0.4, 0.5) is 0 Å². The second-order valence-electron chi connectivity index (χ2n) is 14.7. The van der Waals surface area contributed by atoms with Crippen molar-refractivity contribution in [2.45, 2.75) is 153 Å². The lowest BCUT2D eigenvalue weighted by molar-refractivity contribution is -0.305. The first kappa shape index (κ1) is 56.1. The summed E-state index contributed by atoms with van der Waals surface area (Å²) in [6, 6.07) is 0. The molecule has 0 aromatic heterocycles. The van der Waals surface area contributed by atoms with E-state index in [1.807, 2.05) is 12.2 Å². The van der Waals surface area contributed by atoms with Crippen LogP contribution in [-0.2, 0) is 23.7 Å². The third-order valence-electron chi connectivity index (χ3n) is 9.26. The molecule has 0 radical (unpaired) electrons. The molecular weight excluding hydrogens is 781 g/mol. The molecular formula is C53H80O9. The van der Waals surface area contributed by atoms with Gasteiger partial charge in [0.2, 0.25) is 0 Å². The predicted octanol–water partition coefficient (Wildman–Crippen LogP) is 10.7. The number of unbranched alkanes of at least 4 members (excludes halogenated alkanes) is 1. The van der Waals surface area contributed by atoms with Crippen LogP contribution in [-0.4, -0.2) is 89.6 Å². The number of aliphatic hydroxyl groups is 4. The maximum atomic E-state index is 12.8. The first-order chi connectivity index (χ1) is 30.4. The van der Waals surface area contributed by atoms with E-state index in [9.17, 15) is 25.2 Å². The van der Waals surface area contributed by atoms with Crippen molar-refractivity contribution in [2.24, 2.45) is 0 Å². The van der Waals surface area contributed by atoms with Gasteiger partial charge in [-0.2, -0.15) is 0 Å². The number of carbonyl (C=O) groups excluding carboxylic acids is 1. The summed E-state index contributed by atoms with van der Waals surface area (Å²) in [5.41, 5.74) is 0. The Bertz CT molecular complexity index is 1440. The first-order valence-corrected chi connectivity index (χ1v) is 22.9. The average molecular weight is 861 g/mol. The van der Waals surface area contributed by atoms with Gasteiger partial charge in [0.05, 0.1) is 19.8 Å². The fraction of sp³-hybridized carbons (Fsp3) is 0.528. The van der Waals surface area contributed by atoms with Crippen LogP contribution in [0.3, 0.4) is 0 Å². The number of carbonyl (C=O) groups is 1. The highest BCUT2D eigenvalue weighted by atomic mass is 16.7. The van der Waals surface area contributed by atoms with Crippen molar-refractivity contribution >= 4 is 5.97 Å². The van der Waals surface area contributed by atoms with Crippen molar-refractivity contribution in [1.29, 1.82) is 0 Å². The van der Waals surface area contributed by atoms with Crippen LogP contribution in [0, 0.1) is 0 Å². The van der Waals surface area contributed by atoms with E-state index in [1.165, 1.54) is 0 Å². The zero-order chi connectivity index (χ0) is 45.0. The number of esters is 1. The largest absolute Gasteiger partial charge is 0.457 e. The second kappa shape index (κ2) is 42.4. The minimum atomic E-state index is -1.57. The summed E-state index contributed by atoms with van der Waals surface area (Å²) in [6.45, 7) is 4.04. The zero-order valence-electron chi connectivity index (χ0n) is 37.8. The lowest BCUT2D eigenvalue weighted by Gasteiger charge is -2.39. The molecule has 0 saturated carbocycles. The molecule has 0 aromatic rings. The quantitative estimate of drug-likeness (QED) is 0.0276. The Kier molecular flexibility index (Phi) is 38.3. The molecule has 0 aromatic carbocycles. The van der Waals surface area contributed by atoms with Crippen molar-refractivity contribution in [3.05, 3.63) is 146 Å². The number of hydrogen-bond acceptors (Lipinski definition) is 9. The van der Waals surface area contributed by atoms with Crippen molar-refractivity contribution in [1.82, 2.24) is 0 Å². The summed E-state index contributed by atoms with van der Waals surface area (Å²) in [6.07, 6.45) is 57.5. The van der Waals surface area contributed by atoms with Crippen LogP contribution in [0.2, 0.25) is 0 Å². The smallest absolute Gasteiger partial charge is 0.306 e. The minimum Gasteiger partial charge on any atom is -0.457 e. The molecule has 62 heavy (non-hydrogen) atoms. The summed E-state index contributed by atoms with van der Waals surface area (Å²) in [5.74, 6) is -0.423. The van der Waals surface area contributed by atoms with Gasteiger partial charge in [0.25, 0.3) is 0 Å². The third kappa shape index (κ3) is 32.7. The molecule has 9 nitrogen and oxygen atoms in total. The number of aliphatic hydroxyl groups excluding tert-OH is 4. The number of hydrogen-bond donors (Lipinski definition) is 4. The molecule has 0 aliphatic carbocycles. The molecule has 1 aliphatic heterocycles. The van der Waals surface area contributed by atoms with E-state index in [0.717, 1.165) is 89.9 Å². The normalized spacial score (nSPS) is 21.2. The molecule has 0 spiro atoms. The highest BCUT2D eigenvalue weighted by molar-refractivity contribution is 5.69. The van der Waals surface area contributed by atoms with E-state index in [4.69, 9.17) is 18.9 Å². The van der Waals surface area contributed by atoms with Crippen LogP contribution in [0.1, 0.15) is 117 Å². The highest BCUT2D eigenvalue weighted by Gasteiger charge is 2.44. The average Bonchev–Trinajstić information content (AvgIpc) is 3.27. The molecule has 1 rings (SSSR count). The Balaban J connectivity index is 2.39. The molecule has 9 heteroatoms. The molecule has 1 aliphatic rings. The predicted molar refractivity (Wildman–Crippen MR) is 255 cm³/mol. The Hall–Kier alpha value is -3.93. The van der Waals surface area contributed by atoms with E-state index in [0.29, 0.717) is 13.0 Å². The zero-order valence-corrected chi connectivity index (χ0v) is 37.8. The van der Waals surface area contributed by atoms with Gasteiger partial charge in [-0.15, -0.1) is 0 Å². The van der Waals surface area contributed by atoms with Gasteiger partial charge in [-0.25, -0.2) is 0 Å². The Labute approximate surface area is 374 Å². The van der Waals surface area contributed by atoms with Crippen LogP contribution in [0.25, 0.3) is 0 Å². The maximum Gasteiger partial charge on any atom is 0.306 e. The molecule has 4 N–H and O–H groups in total. The third-order valence-corrected chi connectivity index (χ3v) is 9.26. The summed E-state index contributed by atoms with van der Waals surface area (Å²) < 4.78 is 22.6. The van der Waals surface area contributed by atoms with E-state index >= 15 is 0 Å². The van der Waals surface area contributed by atoms with E-state index in [2.05, 4.69) is 148 Å². The highest BCUT2D eigenvalue weighted by Crippen LogP contribution is 2.22. The van der Waals surface area contributed by atoms with Gasteiger partial charge >= 0.3 is 5.97 Å². The van der Waals surface area contributed by atoms with Gasteiger partial charge in [0.15, 0.2) is 6.29 Å². The fourth-order valence-corrected chi connectivity index (χ4v) is 5.77. The lowest BCUT2D eigenvalue weighted by atomic mass is 9.99. The van der Waals surface area contributed by atoms with Gasteiger partial charge in [-0.1, -0.05) is 160 Å². The second-order valence-corrected chi connectivity index (χ2v) is 14.7. The monoisotopic (exact) mass is 861 g/mol. The van der Waals surface area contributed by atoms with Crippen LogP contribution in [0.5, 0.6) is 0 Å². The van der Waals surface area contributed by atoms with Crippen molar-refractivity contribution in [3.63, 3.8) is 0 Å². The minimum absolute atomic E-state index is 0.0623. The molecule has 1 saturated heterocycles. The van der Waals surface area contributed by atoms with Crippen molar-refractivity contribution in [3.8, 4) is 0 Å². The summed E-state index contributed by atoms with van der Waals surface area (Å²) >= 11 is 0. The fourth-order valence-electron chi connectivity index (χ4n) is 5.77. The maximum absolute atomic E-state index is 12.8. The summed E-state index contributed by atoms with van der Waals surface area (Å²) in [7, 11) is 0. The van der Waals surface area contributed by atoms with E-state index < -0.39 is 49.4 Å². The van der Waals surface area contributed by atoms with Crippen molar-refractivity contribution in [2.75, 3.05) is 26.4 Å². The standard InChI is InChI=1S/C53H80O9/c1-3-5-7-9-11-13-15-17-19-21-23-25-27-29-31-33-35-37-39-41-43-59-45-47(46-60-53-52(58)51(57)50(56)48(44-54)62-53)61-49(55)42-40-38-36-34-32-30-28-26-24-22-20-18-16-14-12-10-8-6-4-2/h5-8,11-14,17-20,23-26,29-32,35-38,47-48,50-54,56-58H,3-4,9-10,15-16,21-22,27-28,33-34,39-46H2,1-2H3/b7-5-,8-6-,13-11-,14-12-,19-17-,20-18-,25-23-,26-24-,31-29-,32-30-,37-35-,38-36-. The SMILES string of the molecule is CC/C=C\C/C=C\C/C=C\C/C=C\C/C=C\C/C=C\CCCOCC(COC1OC(CO)C(O)C(O)C1O)OC(=O)CC/C=C\C/C=C\C/C=C\C/C=C\C/C=C\C/C=C\CC. The van der Waals surface area contributed by atoms with Gasteiger partial charge < -0.3 is 39.4 Å². The van der Waals surface area contributed by atoms with Gasteiger partial charge in [0.1, 0.15) is 30.5 Å². The van der Waals surface area contributed by atoms with Crippen LogP contribution in [0.15, 0.2) is 146 Å². The van der Waals surface area contributed by atoms with E-state index in [-0.39, 0.29) is 19.6 Å². The molecule has 0 bridgehead atoms. The van der Waals surface area contributed by atoms with Crippen LogP contribution < -0.4 is 0 Å². The summed E-state index contributed by atoms with van der Waals surface area (Å²) in [4.78, 5) is 12.8. The molecule has 0 amide bonds. The Morgan fingerprint density at radius 2 is 0.903 bits per heavy atom. The molecule has 6 atom stereocenters. The molecule has 1 heterocycles. The van der Waals surface area contributed by atoms with Crippen molar-refractivity contribution < 1.29 is 44.2 Å². The van der Waals surface area contributed by atoms with Gasteiger partial charge in [0, 0.05) is 13.0 Å². The Morgan fingerprint density at radius 3 is 1.31 bits per heavy atom. The number of rotatable bonds is 36. The lowest BCUT2D eigenvalue weighted by Crippen LogP contribution is -2.59. The number of allylic oxidation sites excluding steroid dienone is 24. The van der Waals surface area contributed by atoms with Gasteiger partial charge in [-0.3, -0.25) is 4.79 Å². The van der Waals surface area contributed by atoms with Crippen LogP contribution >= 0.6 is 0 Å².